The van der Waals surface area contributed by atoms with Gasteiger partial charge in [0, 0.05) is 12.2 Å². The van der Waals surface area contributed by atoms with Gasteiger partial charge in [-0.1, -0.05) is 6.07 Å². The normalized spacial score (nSPS) is 10.4. The summed E-state index contributed by atoms with van der Waals surface area (Å²) in [5.74, 6) is 0. The minimum absolute atomic E-state index is 0.172. The standard InChI is InChI=1S/C12H19NO/c1-8-7-9(2)11(4)12(10(8)3)13-5-6-14/h7,13-14H,5-6H2,1-4H3. The number of benzene rings is 1. The molecular formula is C12H19NO. The van der Waals surface area contributed by atoms with E-state index in [4.69, 9.17) is 5.11 Å². The number of nitrogens with one attached hydrogen (secondary N) is 1. The van der Waals surface area contributed by atoms with Crippen molar-refractivity contribution >= 4 is 5.69 Å². The molecule has 0 aromatic heterocycles. The number of rotatable bonds is 3. The Morgan fingerprint density at radius 3 is 2.00 bits per heavy atom. The largest absolute Gasteiger partial charge is 0.395 e. The Balaban J connectivity index is 3.11. The van der Waals surface area contributed by atoms with Crippen LogP contribution in [-0.2, 0) is 0 Å². The van der Waals surface area contributed by atoms with Crippen molar-refractivity contribution in [1.29, 1.82) is 0 Å². The maximum absolute atomic E-state index is 8.79. The molecule has 0 atom stereocenters. The van der Waals surface area contributed by atoms with Gasteiger partial charge in [0.1, 0.15) is 0 Å². The number of anilines is 1. The molecule has 0 unspecified atom stereocenters. The zero-order valence-electron chi connectivity index (χ0n) is 9.44. The van der Waals surface area contributed by atoms with Crippen molar-refractivity contribution in [3.05, 3.63) is 28.3 Å². The first-order valence-corrected chi connectivity index (χ1v) is 5.00. The van der Waals surface area contributed by atoms with E-state index in [-0.39, 0.29) is 6.61 Å². The van der Waals surface area contributed by atoms with Gasteiger partial charge in [-0.25, -0.2) is 0 Å². The summed E-state index contributed by atoms with van der Waals surface area (Å²) in [6.07, 6.45) is 0. The van der Waals surface area contributed by atoms with E-state index in [0.29, 0.717) is 6.54 Å². The predicted octanol–water partition coefficient (Wildman–Crippen LogP) is 2.32. The maximum Gasteiger partial charge on any atom is 0.0604 e. The maximum atomic E-state index is 8.79. The van der Waals surface area contributed by atoms with E-state index >= 15 is 0 Å². The quantitative estimate of drug-likeness (QED) is 0.772. The average molecular weight is 193 g/mol. The third-order valence-corrected chi connectivity index (χ3v) is 2.78. The monoisotopic (exact) mass is 193 g/mol. The molecule has 2 heteroatoms. The molecule has 0 aliphatic heterocycles. The van der Waals surface area contributed by atoms with E-state index in [2.05, 4.69) is 39.1 Å². The third-order valence-electron chi connectivity index (χ3n) is 2.78. The van der Waals surface area contributed by atoms with Crippen molar-refractivity contribution in [3.63, 3.8) is 0 Å². The van der Waals surface area contributed by atoms with Gasteiger partial charge in [0.15, 0.2) is 0 Å². The molecule has 0 saturated carbocycles. The Morgan fingerprint density at radius 1 is 1.07 bits per heavy atom. The van der Waals surface area contributed by atoms with Crippen LogP contribution in [0.25, 0.3) is 0 Å². The van der Waals surface area contributed by atoms with Gasteiger partial charge < -0.3 is 10.4 Å². The fourth-order valence-electron chi connectivity index (χ4n) is 1.66. The summed E-state index contributed by atoms with van der Waals surface area (Å²) in [5, 5.41) is 12.0. The minimum Gasteiger partial charge on any atom is -0.395 e. The molecule has 1 aromatic carbocycles. The van der Waals surface area contributed by atoms with Gasteiger partial charge in [0.2, 0.25) is 0 Å². The Kier molecular flexibility index (Phi) is 3.53. The SMILES string of the molecule is Cc1cc(C)c(C)c(NCCO)c1C. The molecular weight excluding hydrogens is 174 g/mol. The summed E-state index contributed by atoms with van der Waals surface area (Å²) in [7, 11) is 0. The second-order valence-electron chi connectivity index (χ2n) is 3.79. The highest BCUT2D eigenvalue weighted by Gasteiger charge is 2.06. The highest BCUT2D eigenvalue weighted by molar-refractivity contribution is 5.62. The second kappa shape index (κ2) is 4.47. The molecule has 0 aliphatic carbocycles. The van der Waals surface area contributed by atoms with E-state index in [1.807, 2.05) is 0 Å². The van der Waals surface area contributed by atoms with Crippen molar-refractivity contribution in [2.75, 3.05) is 18.5 Å². The van der Waals surface area contributed by atoms with Crippen molar-refractivity contribution in [3.8, 4) is 0 Å². The highest BCUT2D eigenvalue weighted by Crippen LogP contribution is 2.26. The van der Waals surface area contributed by atoms with Crippen LogP contribution in [0.5, 0.6) is 0 Å². The Hall–Kier alpha value is -1.02. The van der Waals surface area contributed by atoms with Crippen LogP contribution in [0.2, 0.25) is 0 Å². The molecule has 0 heterocycles. The first-order chi connectivity index (χ1) is 6.57. The first kappa shape index (κ1) is 11.1. The Bertz CT molecular complexity index is 305. The molecule has 2 N–H and O–H groups in total. The summed E-state index contributed by atoms with van der Waals surface area (Å²) in [4.78, 5) is 0. The van der Waals surface area contributed by atoms with Crippen LogP contribution in [-0.4, -0.2) is 18.3 Å². The Labute approximate surface area is 86.0 Å². The molecule has 0 fully saturated rings. The molecule has 0 aliphatic rings. The number of aliphatic hydroxyl groups is 1. The van der Waals surface area contributed by atoms with Gasteiger partial charge >= 0.3 is 0 Å². The lowest BCUT2D eigenvalue weighted by atomic mass is 9.99. The van der Waals surface area contributed by atoms with E-state index in [1.54, 1.807) is 0 Å². The molecule has 2 nitrogen and oxygen atoms in total. The van der Waals surface area contributed by atoms with Crippen molar-refractivity contribution in [1.82, 2.24) is 0 Å². The van der Waals surface area contributed by atoms with E-state index < -0.39 is 0 Å². The smallest absolute Gasteiger partial charge is 0.0604 e. The summed E-state index contributed by atoms with van der Waals surface area (Å²) < 4.78 is 0. The van der Waals surface area contributed by atoms with Crippen LogP contribution < -0.4 is 5.32 Å². The van der Waals surface area contributed by atoms with E-state index in [1.165, 1.54) is 27.9 Å². The number of hydrogen-bond acceptors (Lipinski definition) is 2. The van der Waals surface area contributed by atoms with E-state index in [9.17, 15) is 0 Å². The van der Waals surface area contributed by atoms with Crippen LogP contribution in [0.1, 0.15) is 22.3 Å². The lowest BCUT2D eigenvalue weighted by Crippen LogP contribution is -2.09. The van der Waals surface area contributed by atoms with Gasteiger partial charge in [0.25, 0.3) is 0 Å². The van der Waals surface area contributed by atoms with Crippen molar-refractivity contribution in [2.24, 2.45) is 0 Å². The van der Waals surface area contributed by atoms with Gasteiger partial charge in [-0.3, -0.25) is 0 Å². The first-order valence-electron chi connectivity index (χ1n) is 5.00. The molecule has 0 amide bonds. The molecule has 78 valence electrons. The van der Waals surface area contributed by atoms with Crippen molar-refractivity contribution in [2.45, 2.75) is 27.7 Å². The summed E-state index contributed by atoms with van der Waals surface area (Å²) >= 11 is 0. The van der Waals surface area contributed by atoms with Crippen LogP contribution in [0.15, 0.2) is 6.07 Å². The predicted molar refractivity (Wildman–Crippen MR) is 61.0 cm³/mol. The number of hydrogen-bond donors (Lipinski definition) is 2. The fraction of sp³-hybridized carbons (Fsp3) is 0.500. The lowest BCUT2D eigenvalue weighted by molar-refractivity contribution is 0.311. The zero-order chi connectivity index (χ0) is 10.7. The number of aliphatic hydroxyl groups excluding tert-OH is 1. The number of aryl methyl sites for hydroxylation is 2. The zero-order valence-corrected chi connectivity index (χ0v) is 9.44. The van der Waals surface area contributed by atoms with Gasteiger partial charge in [0.05, 0.1) is 6.61 Å². The minimum atomic E-state index is 0.172. The second-order valence-corrected chi connectivity index (χ2v) is 3.79. The van der Waals surface area contributed by atoms with Crippen LogP contribution in [0.4, 0.5) is 5.69 Å². The lowest BCUT2D eigenvalue weighted by Gasteiger charge is -2.16. The molecule has 0 saturated heterocycles. The average Bonchev–Trinajstić information content (AvgIpc) is 2.15. The van der Waals surface area contributed by atoms with Gasteiger partial charge in [-0.2, -0.15) is 0 Å². The Morgan fingerprint density at radius 2 is 1.57 bits per heavy atom. The van der Waals surface area contributed by atoms with Gasteiger partial charge in [-0.15, -0.1) is 0 Å². The third kappa shape index (κ3) is 2.07. The van der Waals surface area contributed by atoms with Crippen LogP contribution >= 0.6 is 0 Å². The molecule has 0 spiro atoms. The molecule has 0 bridgehead atoms. The summed E-state index contributed by atoms with van der Waals surface area (Å²) in [6.45, 7) is 9.25. The molecule has 1 aromatic rings. The molecule has 0 radical (unpaired) electrons. The highest BCUT2D eigenvalue weighted by atomic mass is 16.3. The van der Waals surface area contributed by atoms with Crippen LogP contribution in [0.3, 0.4) is 0 Å². The van der Waals surface area contributed by atoms with E-state index in [0.717, 1.165) is 0 Å². The summed E-state index contributed by atoms with van der Waals surface area (Å²) in [6, 6.07) is 2.20. The summed E-state index contributed by atoms with van der Waals surface area (Å²) in [5.41, 5.74) is 6.33. The topological polar surface area (TPSA) is 32.3 Å². The fourth-order valence-corrected chi connectivity index (χ4v) is 1.66. The van der Waals surface area contributed by atoms with Gasteiger partial charge in [-0.05, 0) is 49.9 Å². The molecule has 14 heavy (non-hydrogen) atoms. The van der Waals surface area contributed by atoms with Crippen LogP contribution in [0, 0.1) is 27.7 Å². The van der Waals surface area contributed by atoms with Crippen molar-refractivity contribution < 1.29 is 5.11 Å². The molecule has 1 rings (SSSR count).